The molecule has 1 heterocycles. The summed E-state index contributed by atoms with van der Waals surface area (Å²) in [6.07, 6.45) is 3.41. The van der Waals surface area contributed by atoms with E-state index in [-0.39, 0.29) is 16.9 Å². The normalized spacial score (nSPS) is 13.8. The van der Waals surface area contributed by atoms with Crippen LogP contribution in [0.15, 0.2) is 60.7 Å². The maximum absolute atomic E-state index is 13.4. The van der Waals surface area contributed by atoms with Gasteiger partial charge in [0, 0.05) is 18.8 Å². The van der Waals surface area contributed by atoms with Crippen molar-refractivity contribution in [2.75, 3.05) is 23.3 Å². The Hall–Kier alpha value is -3.80. The maximum atomic E-state index is 13.4. The number of ether oxygens (including phenoxy) is 1. The Morgan fingerprint density at radius 2 is 1.64 bits per heavy atom. The summed E-state index contributed by atoms with van der Waals surface area (Å²) in [7, 11) is 0. The molecule has 0 saturated carbocycles. The maximum Gasteiger partial charge on any atom is 0.340 e. The van der Waals surface area contributed by atoms with Crippen molar-refractivity contribution in [1.29, 1.82) is 0 Å². The second kappa shape index (κ2) is 10.4. The summed E-state index contributed by atoms with van der Waals surface area (Å²) in [5.41, 5.74) is 3.90. The highest BCUT2D eigenvalue weighted by molar-refractivity contribution is 6.10. The molecule has 6 heteroatoms. The zero-order chi connectivity index (χ0) is 25.9. The van der Waals surface area contributed by atoms with E-state index in [1.165, 1.54) is 6.42 Å². The van der Waals surface area contributed by atoms with Gasteiger partial charge in [-0.2, -0.15) is 0 Å². The quantitative estimate of drug-likeness (QED) is 0.399. The van der Waals surface area contributed by atoms with E-state index in [1.807, 2.05) is 43.3 Å². The van der Waals surface area contributed by atoms with Crippen molar-refractivity contribution in [2.45, 2.75) is 52.6 Å². The summed E-state index contributed by atoms with van der Waals surface area (Å²) >= 11 is 0. The third kappa shape index (κ3) is 5.88. The van der Waals surface area contributed by atoms with Gasteiger partial charge in [0.05, 0.1) is 16.8 Å². The number of rotatable bonds is 5. The number of esters is 1. The van der Waals surface area contributed by atoms with Crippen LogP contribution in [0.4, 0.5) is 11.4 Å². The fraction of sp³-hybridized carbons (Fsp3) is 0.333. The van der Waals surface area contributed by atoms with Crippen molar-refractivity contribution in [2.24, 2.45) is 0 Å². The van der Waals surface area contributed by atoms with E-state index in [4.69, 9.17) is 4.74 Å². The molecule has 2 N–H and O–H groups in total. The number of benzene rings is 3. The minimum atomic E-state index is -0.686. The number of phenolic OH excluding ortho intramolecular Hbond substituents is 1. The van der Waals surface area contributed by atoms with E-state index in [2.05, 4.69) is 10.2 Å². The summed E-state index contributed by atoms with van der Waals surface area (Å²) in [5, 5.41) is 13.4. The molecule has 3 aromatic rings. The minimum Gasteiger partial charge on any atom is -0.507 e. The predicted octanol–water partition coefficient (Wildman–Crippen LogP) is 6.57. The van der Waals surface area contributed by atoms with Crippen molar-refractivity contribution in [3.63, 3.8) is 0 Å². The first-order valence-corrected chi connectivity index (χ1v) is 12.4. The molecule has 4 rings (SSSR count). The molecule has 1 aliphatic rings. The number of hydrogen-bond donors (Lipinski definition) is 2. The molecule has 1 aliphatic heterocycles. The standard InChI is InChI=1S/C30H34N2O4/c1-20-10-6-7-11-23(20)21-12-14-24(29(35)36-30(2,3)4)26(18-21)31-28(34)25-19-22(13-15-27(25)33)32-16-8-5-9-17-32/h6-7,10-15,18-19,33H,5,8-9,16-17H2,1-4H3,(H,31,34). The molecule has 0 bridgehead atoms. The molecule has 188 valence electrons. The van der Waals surface area contributed by atoms with Crippen LogP contribution in [-0.4, -0.2) is 35.7 Å². The topological polar surface area (TPSA) is 78.9 Å². The average molecular weight is 487 g/mol. The largest absolute Gasteiger partial charge is 0.507 e. The zero-order valence-corrected chi connectivity index (χ0v) is 21.4. The van der Waals surface area contributed by atoms with Crippen LogP contribution in [0.25, 0.3) is 11.1 Å². The van der Waals surface area contributed by atoms with Crippen LogP contribution in [0.1, 0.15) is 66.3 Å². The number of nitrogens with one attached hydrogen (secondary N) is 1. The van der Waals surface area contributed by atoms with E-state index in [0.29, 0.717) is 5.69 Å². The first kappa shape index (κ1) is 25.3. The summed E-state index contributed by atoms with van der Waals surface area (Å²) in [4.78, 5) is 28.6. The van der Waals surface area contributed by atoms with Gasteiger partial charge >= 0.3 is 5.97 Å². The van der Waals surface area contributed by atoms with Gasteiger partial charge in [0.1, 0.15) is 11.4 Å². The Bertz CT molecular complexity index is 1270. The van der Waals surface area contributed by atoms with E-state index in [1.54, 1.807) is 45.0 Å². The van der Waals surface area contributed by atoms with E-state index < -0.39 is 17.5 Å². The number of piperidine rings is 1. The van der Waals surface area contributed by atoms with Gasteiger partial charge in [-0.05, 0) is 94.0 Å². The first-order chi connectivity index (χ1) is 17.1. The van der Waals surface area contributed by atoms with Gasteiger partial charge in [0.15, 0.2) is 0 Å². The van der Waals surface area contributed by atoms with Crippen LogP contribution >= 0.6 is 0 Å². The van der Waals surface area contributed by atoms with Crippen molar-refractivity contribution >= 4 is 23.3 Å². The summed E-state index contributed by atoms with van der Waals surface area (Å²) in [5.74, 6) is -1.12. The molecular formula is C30H34N2O4. The van der Waals surface area contributed by atoms with Crippen LogP contribution in [0.5, 0.6) is 5.75 Å². The number of phenols is 1. The van der Waals surface area contributed by atoms with Gasteiger partial charge in [-0.15, -0.1) is 0 Å². The number of nitrogens with zero attached hydrogens (tertiary/aromatic N) is 1. The van der Waals surface area contributed by atoms with Crippen molar-refractivity contribution in [3.05, 3.63) is 77.4 Å². The number of amides is 1. The number of aromatic hydroxyl groups is 1. The van der Waals surface area contributed by atoms with Crippen LogP contribution < -0.4 is 10.2 Å². The molecule has 0 atom stereocenters. The molecule has 6 nitrogen and oxygen atoms in total. The van der Waals surface area contributed by atoms with Crippen molar-refractivity contribution in [3.8, 4) is 16.9 Å². The van der Waals surface area contributed by atoms with Gasteiger partial charge in [-0.3, -0.25) is 4.79 Å². The monoisotopic (exact) mass is 486 g/mol. The number of carbonyl (C=O) groups is 2. The van der Waals surface area contributed by atoms with Crippen LogP contribution in [0.2, 0.25) is 0 Å². The summed E-state index contributed by atoms with van der Waals surface area (Å²) in [6, 6.07) is 18.3. The predicted molar refractivity (Wildman–Crippen MR) is 144 cm³/mol. The Morgan fingerprint density at radius 1 is 0.917 bits per heavy atom. The number of anilines is 2. The minimum absolute atomic E-state index is 0.109. The SMILES string of the molecule is Cc1ccccc1-c1ccc(C(=O)OC(C)(C)C)c(NC(=O)c2cc(N3CCCCC3)ccc2O)c1. The third-order valence-electron chi connectivity index (χ3n) is 6.29. The fourth-order valence-electron chi connectivity index (χ4n) is 4.47. The molecule has 0 aliphatic carbocycles. The van der Waals surface area contributed by atoms with E-state index in [0.717, 1.165) is 48.3 Å². The number of carbonyl (C=O) groups excluding carboxylic acids is 2. The third-order valence-corrected chi connectivity index (χ3v) is 6.29. The molecule has 1 saturated heterocycles. The lowest BCUT2D eigenvalue weighted by molar-refractivity contribution is 0.00708. The van der Waals surface area contributed by atoms with E-state index >= 15 is 0 Å². The van der Waals surface area contributed by atoms with Gasteiger partial charge in [0.25, 0.3) is 5.91 Å². The number of hydrogen-bond acceptors (Lipinski definition) is 5. The smallest absolute Gasteiger partial charge is 0.340 e. The summed E-state index contributed by atoms with van der Waals surface area (Å²) in [6.45, 7) is 9.26. The fourth-order valence-corrected chi connectivity index (χ4v) is 4.47. The highest BCUT2D eigenvalue weighted by Gasteiger charge is 2.23. The Labute approximate surface area is 212 Å². The van der Waals surface area contributed by atoms with Crippen LogP contribution in [0, 0.1) is 6.92 Å². The molecule has 1 amide bonds. The Kier molecular flexibility index (Phi) is 7.34. The molecule has 1 fully saturated rings. The summed E-state index contributed by atoms with van der Waals surface area (Å²) < 4.78 is 5.60. The van der Waals surface area contributed by atoms with Crippen LogP contribution in [0.3, 0.4) is 0 Å². The van der Waals surface area contributed by atoms with Gasteiger partial charge in [-0.1, -0.05) is 30.3 Å². The molecule has 3 aromatic carbocycles. The lowest BCUT2D eigenvalue weighted by Gasteiger charge is -2.29. The lowest BCUT2D eigenvalue weighted by Crippen LogP contribution is -2.29. The second-order valence-electron chi connectivity index (χ2n) is 10.3. The van der Waals surface area contributed by atoms with Crippen molar-refractivity contribution in [1.82, 2.24) is 0 Å². The Balaban J connectivity index is 1.70. The molecule has 0 aromatic heterocycles. The number of aryl methyl sites for hydroxylation is 1. The molecule has 0 radical (unpaired) electrons. The Morgan fingerprint density at radius 3 is 2.33 bits per heavy atom. The highest BCUT2D eigenvalue weighted by Crippen LogP contribution is 2.31. The second-order valence-corrected chi connectivity index (χ2v) is 10.3. The first-order valence-electron chi connectivity index (χ1n) is 12.4. The van der Waals surface area contributed by atoms with E-state index in [9.17, 15) is 14.7 Å². The molecular weight excluding hydrogens is 452 g/mol. The molecule has 0 unspecified atom stereocenters. The lowest BCUT2D eigenvalue weighted by atomic mass is 9.98. The molecule has 0 spiro atoms. The average Bonchev–Trinajstić information content (AvgIpc) is 2.84. The highest BCUT2D eigenvalue weighted by atomic mass is 16.6. The molecule has 36 heavy (non-hydrogen) atoms. The zero-order valence-electron chi connectivity index (χ0n) is 21.4. The van der Waals surface area contributed by atoms with Gasteiger partial charge in [-0.25, -0.2) is 4.79 Å². The van der Waals surface area contributed by atoms with Gasteiger partial charge < -0.3 is 20.1 Å². The van der Waals surface area contributed by atoms with Crippen LogP contribution in [-0.2, 0) is 4.74 Å². The van der Waals surface area contributed by atoms with Gasteiger partial charge in [0.2, 0.25) is 0 Å². The van der Waals surface area contributed by atoms with Crippen molar-refractivity contribution < 1.29 is 19.4 Å².